The fourth-order valence-electron chi connectivity index (χ4n) is 1.72. The third kappa shape index (κ3) is 3.46. The molecule has 1 heterocycles. The predicted molar refractivity (Wildman–Crippen MR) is 75.4 cm³/mol. The van der Waals surface area contributed by atoms with Crippen LogP contribution in [0.15, 0.2) is 42.6 Å². The number of nitrogens with zero attached hydrogens (tertiary/aromatic N) is 2. The molecule has 0 radical (unpaired) electrons. The maximum atomic E-state index is 10.1. The fraction of sp³-hybridized carbons (Fsp3) is 0.200. The molecule has 0 fully saturated rings. The summed E-state index contributed by atoms with van der Waals surface area (Å²) >= 11 is 0. The van der Waals surface area contributed by atoms with E-state index >= 15 is 0 Å². The molecule has 0 aliphatic heterocycles. The molecule has 0 aliphatic carbocycles. The SMILES string of the molecule is COc1ccc(NCC(O)c2ccc(C#N)cc2)cn1. The summed E-state index contributed by atoms with van der Waals surface area (Å²) in [6.07, 6.45) is 0.995. The van der Waals surface area contributed by atoms with E-state index in [9.17, 15) is 5.11 Å². The van der Waals surface area contributed by atoms with Gasteiger partial charge in [-0.15, -0.1) is 0 Å². The highest BCUT2D eigenvalue weighted by Gasteiger charge is 2.07. The standard InChI is InChI=1S/C15H15N3O2/c1-20-15-7-6-13(9-18-15)17-10-14(19)12-4-2-11(8-16)3-5-12/h2-7,9,14,17,19H,10H2,1H3. The van der Waals surface area contributed by atoms with E-state index < -0.39 is 6.10 Å². The maximum Gasteiger partial charge on any atom is 0.213 e. The Hall–Kier alpha value is -2.58. The van der Waals surface area contributed by atoms with Crippen molar-refractivity contribution in [3.63, 3.8) is 0 Å². The summed E-state index contributed by atoms with van der Waals surface area (Å²) in [4.78, 5) is 4.07. The largest absolute Gasteiger partial charge is 0.481 e. The molecule has 0 amide bonds. The monoisotopic (exact) mass is 269 g/mol. The number of nitrogens with one attached hydrogen (secondary N) is 1. The molecule has 0 saturated carbocycles. The van der Waals surface area contributed by atoms with E-state index in [1.807, 2.05) is 12.1 Å². The van der Waals surface area contributed by atoms with Crippen molar-refractivity contribution in [1.82, 2.24) is 4.98 Å². The summed E-state index contributed by atoms with van der Waals surface area (Å²) in [6.45, 7) is 0.361. The van der Waals surface area contributed by atoms with Crippen LogP contribution in [0.5, 0.6) is 5.88 Å². The lowest BCUT2D eigenvalue weighted by Gasteiger charge is -2.13. The highest BCUT2D eigenvalue weighted by atomic mass is 16.5. The van der Waals surface area contributed by atoms with Crippen LogP contribution in [-0.2, 0) is 0 Å². The van der Waals surface area contributed by atoms with Crippen LogP contribution in [0, 0.1) is 11.3 Å². The van der Waals surface area contributed by atoms with E-state index in [1.54, 1.807) is 43.6 Å². The van der Waals surface area contributed by atoms with E-state index in [2.05, 4.69) is 10.3 Å². The van der Waals surface area contributed by atoms with Gasteiger partial charge in [-0.2, -0.15) is 5.26 Å². The first kappa shape index (κ1) is 13.8. The van der Waals surface area contributed by atoms with Gasteiger partial charge >= 0.3 is 0 Å². The topological polar surface area (TPSA) is 78.2 Å². The van der Waals surface area contributed by atoms with E-state index in [0.717, 1.165) is 11.3 Å². The van der Waals surface area contributed by atoms with Gasteiger partial charge in [-0.1, -0.05) is 12.1 Å². The van der Waals surface area contributed by atoms with Gasteiger partial charge in [-0.3, -0.25) is 0 Å². The summed E-state index contributed by atoms with van der Waals surface area (Å²) in [5, 5.41) is 21.9. The molecule has 5 heteroatoms. The lowest BCUT2D eigenvalue weighted by Crippen LogP contribution is -2.12. The molecule has 20 heavy (non-hydrogen) atoms. The van der Waals surface area contributed by atoms with Gasteiger partial charge in [0.1, 0.15) is 0 Å². The molecule has 1 aromatic carbocycles. The second-order valence-electron chi connectivity index (χ2n) is 4.22. The molecule has 2 N–H and O–H groups in total. The number of methoxy groups -OCH3 is 1. The van der Waals surface area contributed by atoms with Crippen LogP contribution in [0.3, 0.4) is 0 Å². The number of aliphatic hydroxyl groups is 1. The number of pyridine rings is 1. The highest BCUT2D eigenvalue weighted by Crippen LogP contribution is 2.16. The number of nitriles is 1. The second-order valence-corrected chi connectivity index (χ2v) is 4.22. The first-order valence-corrected chi connectivity index (χ1v) is 6.15. The zero-order valence-corrected chi connectivity index (χ0v) is 11.1. The number of ether oxygens (including phenoxy) is 1. The Balaban J connectivity index is 1.93. The number of aromatic nitrogens is 1. The third-order valence-corrected chi connectivity index (χ3v) is 2.87. The minimum absolute atomic E-state index is 0.361. The van der Waals surface area contributed by atoms with Crippen LogP contribution in [0.25, 0.3) is 0 Å². The molecule has 0 bridgehead atoms. The third-order valence-electron chi connectivity index (χ3n) is 2.87. The van der Waals surface area contributed by atoms with Crippen LogP contribution in [0.2, 0.25) is 0 Å². The number of hydrogen-bond acceptors (Lipinski definition) is 5. The molecule has 1 unspecified atom stereocenters. The molecule has 5 nitrogen and oxygen atoms in total. The first-order valence-electron chi connectivity index (χ1n) is 6.15. The van der Waals surface area contributed by atoms with Crippen molar-refractivity contribution in [1.29, 1.82) is 5.26 Å². The van der Waals surface area contributed by atoms with Gasteiger partial charge in [-0.05, 0) is 23.8 Å². The van der Waals surface area contributed by atoms with Crippen molar-refractivity contribution < 1.29 is 9.84 Å². The Morgan fingerprint density at radius 1 is 1.30 bits per heavy atom. The molecule has 0 spiro atoms. The van der Waals surface area contributed by atoms with Gasteiger partial charge in [0.15, 0.2) is 0 Å². The number of rotatable bonds is 5. The minimum atomic E-state index is -0.648. The molecule has 1 atom stereocenters. The van der Waals surface area contributed by atoms with Crippen LogP contribution in [0.4, 0.5) is 5.69 Å². The summed E-state index contributed by atoms with van der Waals surface area (Å²) in [5.41, 5.74) is 2.14. The lowest BCUT2D eigenvalue weighted by atomic mass is 10.1. The number of anilines is 1. The molecule has 1 aromatic heterocycles. The van der Waals surface area contributed by atoms with E-state index in [0.29, 0.717) is 18.0 Å². The average molecular weight is 269 g/mol. The Morgan fingerprint density at radius 3 is 2.60 bits per heavy atom. The van der Waals surface area contributed by atoms with Gasteiger partial charge in [0.2, 0.25) is 5.88 Å². The Bertz CT molecular complexity index is 588. The molecular formula is C15H15N3O2. The average Bonchev–Trinajstić information content (AvgIpc) is 2.53. The van der Waals surface area contributed by atoms with Crippen LogP contribution in [0.1, 0.15) is 17.2 Å². The van der Waals surface area contributed by atoms with Crippen LogP contribution in [-0.4, -0.2) is 23.7 Å². The van der Waals surface area contributed by atoms with Crippen molar-refractivity contribution in [3.05, 3.63) is 53.7 Å². The summed E-state index contributed by atoms with van der Waals surface area (Å²) in [7, 11) is 1.56. The number of hydrogen-bond donors (Lipinski definition) is 2. The second kappa shape index (κ2) is 6.55. The highest BCUT2D eigenvalue weighted by molar-refractivity contribution is 5.42. The van der Waals surface area contributed by atoms with Crippen molar-refractivity contribution >= 4 is 5.69 Å². The van der Waals surface area contributed by atoms with Crippen molar-refractivity contribution in [2.24, 2.45) is 0 Å². The maximum absolute atomic E-state index is 10.1. The van der Waals surface area contributed by atoms with Crippen molar-refractivity contribution in [2.45, 2.75) is 6.10 Å². The van der Waals surface area contributed by atoms with E-state index in [1.165, 1.54) is 0 Å². The molecule has 0 aliphatic rings. The van der Waals surface area contributed by atoms with Gasteiger partial charge < -0.3 is 15.2 Å². The Labute approximate surface area is 117 Å². The van der Waals surface area contributed by atoms with Crippen LogP contribution < -0.4 is 10.1 Å². The molecule has 102 valence electrons. The lowest BCUT2D eigenvalue weighted by molar-refractivity contribution is 0.191. The Morgan fingerprint density at radius 2 is 2.05 bits per heavy atom. The normalized spacial score (nSPS) is 11.4. The quantitative estimate of drug-likeness (QED) is 0.869. The van der Waals surface area contributed by atoms with Crippen LogP contribution >= 0.6 is 0 Å². The van der Waals surface area contributed by atoms with Crippen molar-refractivity contribution in [2.75, 3.05) is 19.0 Å². The number of benzene rings is 1. The molecule has 0 saturated heterocycles. The van der Waals surface area contributed by atoms with E-state index in [4.69, 9.17) is 10.00 Å². The zero-order chi connectivity index (χ0) is 14.4. The first-order chi connectivity index (χ1) is 9.72. The smallest absolute Gasteiger partial charge is 0.213 e. The van der Waals surface area contributed by atoms with Gasteiger partial charge in [0.05, 0.1) is 36.7 Å². The van der Waals surface area contributed by atoms with E-state index in [-0.39, 0.29) is 0 Å². The number of aliphatic hydroxyl groups excluding tert-OH is 1. The predicted octanol–water partition coefficient (Wildman–Crippen LogP) is 2.11. The van der Waals surface area contributed by atoms with Gasteiger partial charge in [-0.25, -0.2) is 4.98 Å². The fourth-order valence-corrected chi connectivity index (χ4v) is 1.72. The molecule has 2 rings (SSSR count). The molecular weight excluding hydrogens is 254 g/mol. The van der Waals surface area contributed by atoms with Gasteiger partial charge in [0.25, 0.3) is 0 Å². The van der Waals surface area contributed by atoms with Gasteiger partial charge in [0, 0.05) is 12.6 Å². The zero-order valence-electron chi connectivity index (χ0n) is 11.1. The summed E-state index contributed by atoms with van der Waals surface area (Å²) < 4.78 is 4.97. The summed E-state index contributed by atoms with van der Waals surface area (Å²) in [5.74, 6) is 0.545. The Kier molecular flexibility index (Phi) is 4.53. The van der Waals surface area contributed by atoms with Crippen molar-refractivity contribution in [3.8, 4) is 11.9 Å². The summed E-state index contributed by atoms with van der Waals surface area (Å²) in [6, 6.07) is 12.5. The minimum Gasteiger partial charge on any atom is -0.481 e. The molecule has 2 aromatic rings.